The Morgan fingerprint density at radius 1 is 1.17 bits per heavy atom. The first-order valence-electron chi connectivity index (χ1n) is 6.75. The second kappa shape index (κ2) is 6.04. The summed E-state index contributed by atoms with van der Waals surface area (Å²) in [5, 5.41) is 10.5. The molecular formula is C17H12Cl2N2O2. The fourth-order valence-corrected chi connectivity index (χ4v) is 3.19. The van der Waals surface area contributed by atoms with Crippen molar-refractivity contribution in [2.45, 2.75) is 5.92 Å². The zero-order chi connectivity index (χ0) is 16.6. The first-order valence-corrected chi connectivity index (χ1v) is 7.50. The van der Waals surface area contributed by atoms with Crippen LogP contribution < -0.4 is 15.2 Å². The maximum absolute atomic E-state index is 9.50. The van der Waals surface area contributed by atoms with E-state index in [0.29, 0.717) is 27.1 Å². The fraction of sp³-hybridized carbons (Fsp3) is 0.118. The largest absolute Gasteiger partial charge is 0.497 e. The Hall–Kier alpha value is -2.35. The van der Waals surface area contributed by atoms with Crippen molar-refractivity contribution in [1.29, 1.82) is 5.26 Å². The van der Waals surface area contributed by atoms with Crippen LogP contribution in [0.5, 0.6) is 11.5 Å². The number of halogens is 2. The van der Waals surface area contributed by atoms with Crippen molar-refractivity contribution in [2.75, 3.05) is 7.11 Å². The van der Waals surface area contributed by atoms with Crippen LogP contribution in [-0.4, -0.2) is 7.11 Å². The molecule has 0 spiro atoms. The normalized spacial score (nSPS) is 16.3. The minimum Gasteiger partial charge on any atom is -0.497 e. The van der Waals surface area contributed by atoms with E-state index in [4.69, 9.17) is 38.4 Å². The molecule has 4 nitrogen and oxygen atoms in total. The van der Waals surface area contributed by atoms with Crippen LogP contribution in [0.15, 0.2) is 47.9 Å². The molecule has 1 aliphatic rings. The third-order valence-electron chi connectivity index (χ3n) is 3.64. The molecule has 116 valence electrons. The van der Waals surface area contributed by atoms with Crippen molar-refractivity contribution in [2.24, 2.45) is 5.73 Å². The van der Waals surface area contributed by atoms with E-state index in [9.17, 15) is 5.26 Å². The van der Waals surface area contributed by atoms with Gasteiger partial charge in [0.25, 0.3) is 0 Å². The Morgan fingerprint density at radius 3 is 2.48 bits per heavy atom. The molecule has 0 amide bonds. The average Bonchev–Trinajstić information content (AvgIpc) is 2.51. The molecular weight excluding hydrogens is 335 g/mol. The summed E-state index contributed by atoms with van der Waals surface area (Å²) in [5.41, 5.74) is 7.82. The van der Waals surface area contributed by atoms with Gasteiger partial charge in [0.2, 0.25) is 5.88 Å². The predicted molar refractivity (Wildman–Crippen MR) is 88.8 cm³/mol. The number of nitrogens with two attached hydrogens (primary N) is 1. The lowest BCUT2D eigenvalue weighted by Crippen LogP contribution is -2.21. The van der Waals surface area contributed by atoms with Gasteiger partial charge in [-0.1, -0.05) is 29.3 Å². The van der Waals surface area contributed by atoms with Crippen LogP contribution in [0, 0.1) is 11.3 Å². The molecule has 0 fully saturated rings. The molecule has 6 heteroatoms. The molecule has 0 saturated carbocycles. The Balaban J connectivity index is 2.23. The molecule has 1 atom stereocenters. The van der Waals surface area contributed by atoms with Gasteiger partial charge in [0.15, 0.2) is 0 Å². The number of rotatable bonds is 2. The van der Waals surface area contributed by atoms with Crippen LogP contribution in [0.4, 0.5) is 0 Å². The average molecular weight is 347 g/mol. The Bertz CT molecular complexity index is 836. The molecule has 0 radical (unpaired) electrons. The number of allylic oxidation sites excluding steroid dienone is 1. The number of methoxy groups -OCH3 is 1. The molecule has 1 unspecified atom stereocenters. The molecule has 2 aromatic rings. The van der Waals surface area contributed by atoms with Crippen LogP contribution in [0.2, 0.25) is 10.0 Å². The maximum atomic E-state index is 9.50. The minimum absolute atomic E-state index is 0.0642. The first-order chi connectivity index (χ1) is 11.0. The molecule has 0 aromatic heterocycles. The van der Waals surface area contributed by atoms with E-state index >= 15 is 0 Å². The second-order valence-electron chi connectivity index (χ2n) is 5.03. The SMILES string of the molecule is COc1ccc2c(c1)OC(N)=C(C#N)C2c1cc(Cl)cc(Cl)c1. The summed E-state index contributed by atoms with van der Waals surface area (Å²) in [6.07, 6.45) is 0. The van der Waals surface area contributed by atoms with Gasteiger partial charge in [-0.2, -0.15) is 5.26 Å². The van der Waals surface area contributed by atoms with Crippen molar-refractivity contribution in [3.05, 3.63) is 69.0 Å². The second-order valence-corrected chi connectivity index (χ2v) is 5.90. The zero-order valence-corrected chi connectivity index (χ0v) is 13.7. The number of hydrogen-bond acceptors (Lipinski definition) is 4. The fourth-order valence-electron chi connectivity index (χ4n) is 2.65. The number of nitrogens with zero attached hydrogens (tertiary/aromatic N) is 1. The summed E-state index contributed by atoms with van der Waals surface area (Å²) in [7, 11) is 1.57. The third kappa shape index (κ3) is 2.81. The number of fused-ring (bicyclic) bond motifs is 1. The van der Waals surface area contributed by atoms with Crippen LogP contribution in [0.25, 0.3) is 0 Å². The maximum Gasteiger partial charge on any atom is 0.205 e. The predicted octanol–water partition coefficient (Wildman–Crippen LogP) is 4.22. The van der Waals surface area contributed by atoms with Gasteiger partial charge in [-0.3, -0.25) is 0 Å². The van der Waals surface area contributed by atoms with Gasteiger partial charge in [-0.25, -0.2) is 0 Å². The number of ether oxygens (including phenoxy) is 2. The summed E-state index contributed by atoms with van der Waals surface area (Å²) in [6.45, 7) is 0. The van der Waals surface area contributed by atoms with Crippen molar-refractivity contribution in [1.82, 2.24) is 0 Å². The van der Waals surface area contributed by atoms with Crippen molar-refractivity contribution in [3.63, 3.8) is 0 Å². The molecule has 1 heterocycles. The molecule has 23 heavy (non-hydrogen) atoms. The highest BCUT2D eigenvalue weighted by molar-refractivity contribution is 6.34. The Kier molecular flexibility index (Phi) is 4.08. The highest BCUT2D eigenvalue weighted by Gasteiger charge is 2.31. The van der Waals surface area contributed by atoms with Crippen molar-refractivity contribution < 1.29 is 9.47 Å². The smallest absolute Gasteiger partial charge is 0.205 e. The number of benzene rings is 2. The summed E-state index contributed by atoms with van der Waals surface area (Å²) >= 11 is 12.2. The number of hydrogen-bond donors (Lipinski definition) is 1. The van der Waals surface area contributed by atoms with Gasteiger partial charge in [0.05, 0.1) is 13.0 Å². The Labute approximate surface area is 143 Å². The lowest BCUT2D eigenvalue weighted by Gasteiger charge is -2.27. The van der Waals surface area contributed by atoms with Gasteiger partial charge in [-0.15, -0.1) is 0 Å². The topological polar surface area (TPSA) is 68.3 Å². The van der Waals surface area contributed by atoms with E-state index in [-0.39, 0.29) is 5.88 Å². The van der Waals surface area contributed by atoms with Gasteiger partial charge >= 0.3 is 0 Å². The molecule has 0 aliphatic carbocycles. The highest BCUT2D eigenvalue weighted by Crippen LogP contribution is 2.44. The summed E-state index contributed by atoms with van der Waals surface area (Å²) in [5.74, 6) is 0.849. The van der Waals surface area contributed by atoms with E-state index in [1.54, 1.807) is 37.4 Å². The van der Waals surface area contributed by atoms with Crippen molar-refractivity contribution >= 4 is 23.2 Å². The summed E-state index contributed by atoms with van der Waals surface area (Å²) in [6, 6.07) is 12.7. The molecule has 2 N–H and O–H groups in total. The Morgan fingerprint density at radius 2 is 1.87 bits per heavy atom. The monoisotopic (exact) mass is 346 g/mol. The first kappa shape index (κ1) is 15.5. The minimum atomic E-state index is -0.397. The van der Waals surface area contributed by atoms with Crippen molar-refractivity contribution in [3.8, 4) is 17.6 Å². The van der Waals surface area contributed by atoms with Crippen LogP contribution in [-0.2, 0) is 0 Å². The molecule has 1 aliphatic heterocycles. The molecule has 0 bridgehead atoms. The van der Waals surface area contributed by atoms with Gasteiger partial charge in [0, 0.05) is 21.7 Å². The van der Waals surface area contributed by atoms with Crippen LogP contribution in [0.3, 0.4) is 0 Å². The molecule has 2 aromatic carbocycles. The van der Waals surface area contributed by atoms with E-state index in [0.717, 1.165) is 11.1 Å². The quantitative estimate of drug-likeness (QED) is 0.883. The van der Waals surface area contributed by atoms with E-state index < -0.39 is 5.92 Å². The third-order valence-corrected chi connectivity index (χ3v) is 4.08. The lowest BCUT2D eigenvalue weighted by molar-refractivity contribution is 0.381. The zero-order valence-electron chi connectivity index (χ0n) is 12.1. The molecule has 0 saturated heterocycles. The lowest BCUT2D eigenvalue weighted by atomic mass is 9.83. The van der Waals surface area contributed by atoms with Gasteiger partial charge in [0.1, 0.15) is 23.1 Å². The van der Waals surface area contributed by atoms with Crippen LogP contribution in [0.1, 0.15) is 17.0 Å². The number of nitriles is 1. The summed E-state index contributed by atoms with van der Waals surface area (Å²) < 4.78 is 10.8. The molecule has 3 rings (SSSR count). The standard InChI is InChI=1S/C17H12Cl2N2O2/c1-22-12-2-3-13-15(7-12)23-17(21)14(8-20)16(13)9-4-10(18)6-11(19)5-9/h2-7,16H,21H2,1H3. The van der Waals surface area contributed by atoms with E-state index in [1.807, 2.05) is 6.07 Å². The van der Waals surface area contributed by atoms with Gasteiger partial charge < -0.3 is 15.2 Å². The van der Waals surface area contributed by atoms with E-state index in [1.165, 1.54) is 0 Å². The van der Waals surface area contributed by atoms with E-state index in [2.05, 4.69) is 6.07 Å². The van der Waals surface area contributed by atoms with Gasteiger partial charge in [-0.05, 0) is 29.8 Å². The van der Waals surface area contributed by atoms with Crippen LogP contribution >= 0.6 is 23.2 Å². The summed E-state index contributed by atoms with van der Waals surface area (Å²) in [4.78, 5) is 0. The highest BCUT2D eigenvalue weighted by atomic mass is 35.5.